The summed E-state index contributed by atoms with van der Waals surface area (Å²) in [4.78, 5) is 18.5. The van der Waals surface area contributed by atoms with E-state index >= 15 is 0 Å². The summed E-state index contributed by atoms with van der Waals surface area (Å²) < 4.78 is 6.41. The second-order valence-corrected chi connectivity index (χ2v) is 7.05. The number of hydrogen-bond acceptors (Lipinski definition) is 6. The van der Waals surface area contributed by atoms with Gasteiger partial charge in [-0.2, -0.15) is 0 Å². The molecule has 2 rings (SSSR count). The normalized spacial score (nSPS) is 19.9. The second kappa shape index (κ2) is 7.97. The van der Waals surface area contributed by atoms with Gasteiger partial charge in [-0.3, -0.25) is 4.79 Å². The number of rotatable bonds is 5. The fourth-order valence-corrected chi connectivity index (χ4v) is 3.79. The smallest absolute Gasteiger partial charge is 0.228 e. The Morgan fingerprint density at radius 1 is 1.70 bits per heavy atom. The number of amides is 1. The molecule has 1 saturated heterocycles. The van der Waals surface area contributed by atoms with Crippen LogP contribution in [-0.2, 0) is 16.0 Å². The van der Waals surface area contributed by atoms with Crippen LogP contribution < -0.4 is 0 Å². The zero-order valence-corrected chi connectivity index (χ0v) is 13.2. The minimum Gasteiger partial charge on any atom is -0.396 e. The highest BCUT2D eigenvalue weighted by Gasteiger charge is 2.22. The number of hydrogen-bond donors (Lipinski definition) is 1. The van der Waals surface area contributed by atoms with E-state index in [4.69, 9.17) is 4.74 Å². The number of carbonyl (C=O) groups is 1. The van der Waals surface area contributed by atoms with Crippen molar-refractivity contribution < 1.29 is 14.6 Å². The van der Waals surface area contributed by atoms with Crippen LogP contribution in [0, 0.1) is 5.92 Å². The Morgan fingerprint density at radius 3 is 3.30 bits per heavy atom. The molecule has 0 unspecified atom stereocenters. The number of thioether (sulfide) groups is 1. The molecule has 1 N–H and O–H groups in total. The molecule has 0 spiro atoms. The third-order valence-electron chi connectivity index (χ3n) is 3.08. The van der Waals surface area contributed by atoms with E-state index in [1.54, 1.807) is 28.0 Å². The number of thiazole rings is 1. The van der Waals surface area contributed by atoms with Gasteiger partial charge >= 0.3 is 0 Å². The summed E-state index contributed by atoms with van der Waals surface area (Å²) in [5.74, 6) is 1.07. The molecule has 1 atom stereocenters. The Kier molecular flexibility index (Phi) is 6.28. The minimum atomic E-state index is 0.0168. The van der Waals surface area contributed by atoms with Crippen molar-refractivity contribution in [1.82, 2.24) is 9.88 Å². The number of carbonyl (C=O) groups excluding carboxylic acids is 1. The van der Waals surface area contributed by atoms with Crippen LogP contribution in [0.15, 0.2) is 9.72 Å². The van der Waals surface area contributed by atoms with Crippen LogP contribution in [0.5, 0.6) is 0 Å². The molecule has 1 fully saturated rings. The fraction of sp³-hybridized carbons (Fsp3) is 0.692. The highest BCUT2D eigenvalue weighted by Crippen LogP contribution is 2.22. The minimum absolute atomic E-state index is 0.0168. The average Bonchev–Trinajstić information content (AvgIpc) is 2.75. The molecule has 0 saturated carbocycles. The van der Waals surface area contributed by atoms with Gasteiger partial charge in [0.1, 0.15) is 4.34 Å². The van der Waals surface area contributed by atoms with Gasteiger partial charge in [-0.15, -0.1) is 11.3 Å². The molecule has 0 aromatic carbocycles. The van der Waals surface area contributed by atoms with E-state index in [0.717, 1.165) is 15.8 Å². The third-order valence-corrected chi connectivity index (χ3v) is 5.03. The molecule has 1 aliphatic heterocycles. The molecule has 112 valence electrons. The average molecular weight is 316 g/mol. The van der Waals surface area contributed by atoms with Gasteiger partial charge in [0, 0.05) is 31.0 Å². The number of nitrogens with zero attached hydrogens (tertiary/aromatic N) is 2. The zero-order chi connectivity index (χ0) is 14.4. The van der Waals surface area contributed by atoms with Crippen LogP contribution in [0.1, 0.15) is 12.6 Å². The van der Waals surface area contributed by atoms with Gasteiger partial charge in [-0.1, -0.05) is 18.7 Å². The van der Waals surface area contributed by atoms with Gasteiger partial charge in [0.15, 0.2) is 0 Å². The highest BCUT2D eigenvalue weighted by atomic mass is 32.2. The summed E-state index contributed by atoms with van der Waals surface area (Å²) in [6, 6.07) is 0. The van der Waals surface area contributed by atoms with Crippen molar-refractivity contribution in [3.05, 3.63) is 11.1 Å². The lowest BCUT2D eigenvalue weighted by molar-refractivity contribution is -0.131. The standard InChI is InChI=1S/C13H20N2O3S2/c1-2-19-13-14-11(9-20-13)5-12(17)15-3-4-18-8-10(6-15)7-16/h9-10,16H,2-8H2,1H3/t10-/m0/s1. The summed E-state index contributed by atoms with van der Waals surface area (Å²) in [6.07, 6.45) is 0.332. The van der Waals surface area contributed by atoms with Crippen molar-refractivity contribution in [1.29, 1.82) is 0 Å². The van der Waals surface area contributed by atoms with E-state index in [0.29, 0.717) is 32.7 Å². The molecule has 1 aromatic rings. The molecule has 1 amide bonds. The molecule has 0 radical (unpaired) electrons. The van der Waals surface area contributed by atoms with Gasteiger partial charge in [0.2, 0.25) is 5.91 Å². The van der Waals surface area contributed by atoms with E-state index in [-0.39, 0.29) is 18.4 Å². The third kappa shape index (κ3) is 4.44. The SMILES string of the molecule is CCSc1nc(CC(=O)N2CCOC[C@H](CO)C2)cs1. The zero-order valence-electron chi connectivity index (χ0n) is 11.6. The Morgan fingerprint density at radius 2 is 2.55 bits per heavy atom. The quantitative estimate of drug-likeness (QED) is 0.829. The van der Waals surface area contributed by atoms with Crippen LogP contribution in [0.25, 0.3) is 0 Å². The maximum atomic E-state index is 12.3. The van der Waals surface area contributed by atoms with Gasteiger partial charge in [0.05, 0.1) is 25.3 Å². The van der Waals surface area contributed by atoms with Crippen molar-refractivity contribution >= 4 is 29.0 Å². The molecule has 7 heteroatoms. The Balaban J connectivity index is 1.92. The predicted octanol–water partition coefficient (Wildman–Crippen LogP) is 1.26. The summed E-state index contributed by atoms with van der Waals surface area (Å²) >= 11 is 3.28. The van der Waals surface area contributed by atoms with Crippen molar-refractivity contribution in [3.8, 4) is 0 Å². The lowest BCUT2D eigenvalue weighted by Crippen LogP contribution is -2.37. The molecule has 0 aliphatic carbocycles. The maximum Gasteiger partial charge on any atom is 0.228 e. The molecule has 1 aliphatic rings. The first-order valence-corrected chi connectivity index (χ1v) is 8.63. The summed E-state index contributed by atoms with van der Waals surface area (Å²) in [5, 5.41) is 11.2. The van der Waals surface area contributed by atoms with Crippen LogP contribution in [-0.4, -0.2) is 59.6 Å². The summed E-state index contributed by atoms with van der Waals surface area (Å²) in [6.45, 7) is 4.36. The van der Waals surface area contributed by atoms with Gasteiger partial charge in [-0.05, 0) is 5.75 Å². The highest BCUT2D eigenvalue weighted by molar-refractivity contribution is 8.00. The molecule has 20 heavy (non-hydrogen) atoms. The van der Waals surface area contributed by atoms with Gasteiger partial charge < -0.3 is 14.7 Å². The second-order valence-electron chi connectivity index (χ2n) is 4.68. The van der Waals surface area contributed by atoms with Crippen molar-refractivity contribution in [3.63, 3.8) is 0 Å². The Labute approximate surface area is 127 Å². The molecule has 2 heterocycles. The van der Waals surface area contributed by atoms with Crippen molar-refractivity contribution in [2.24, 2.45) is 5.92 Å². The topological polar surface area (TPSA) is 62.7 Å². The lowest BCUT2D eigenvalue weighted by atomic mass is 10.1. The molecule has 5 nitrogen and oxygen atoms in total. The first-order valence-electron chi connectivity index (χ1n) is 6.76. The van der Waals surface area contributed by atoms with Crippen molar-refractivity contribution in [2.45, 2.75) is 17.7 Å². The predicted molar refractivity (Wildman–Crippen MR) is 80.2 cm³/mol. The van der Waals surface area contributed by atoms with E-state index in [1.807, 2.05) is 5.38 Å². The van der Waals surface area contributed by atoms with Gasteiger partial charge in [-0.25, -0.2) is 4.98 Å². The first kappa shape index (κ1) is 15.8. The molecular weight excluding hydrogens is 296 g/mol. The Hall–Kier alpha value is -0.630. The van der Waals surface area contributed by atoms with E-state index in [9.17, 15) is 9.90 Å². The maximum absolute atomic E-state index is 12.3. The van der Waals surface area contributed by atoms with Crippen LogP contribution >= 0.6 is 23.1 Å². The summed E-state index contributed by atoms with van der Waals surface area (Å²) in [7, 11) is 0. The van der Waals surface area contributed by atoms with Crippen molar-refractivity contribution in [2.75, 3.05) is 38.7 Å². The number of aliphatic hydroxyl groups is 1. The number of ether oxygens (including phenoxy) is 1. The monoisotopic (exact) mass is 316 g/mol. The number of aliphatic hydroxyl groups excluding tert-OH is 1. The van der Waals surface area contributed by atoms with Gasteiger partial charge in [0.25, 0.3) is 0 Å². The Bertz CT molecular complexity index is 439. The number of aromatic nitrogens is 1. The van der Waals surface area contributed by atoms with Crippen LogP contribution in [0.2, 0.25) is 0 Å². The van der Waals surface area contributed by atoms with Crippen LogP contribution in [0.4, 0.5) is 0 Å². The summed E-state index contributed by atoms with van der Waals surface area (Å²) in [5.41, 5.74) is 0.835. The van der Waals surface area contributed by atoms with E-state index < -0.39 is 0 Å². The first-order chi connectivity index (χ1) is 9.72. The lowest BCUT2D eigenvalue weighted by Gasteiger charge is -2.22. The van der Waals surface area contributed by atoms with E-state index in [2.05, 4.69) is 11.9 Å². The van der Waals surface area contributed by atoms with Crippen LogP contribution in [0.3, 0.4) is 0 Å². The molecule has 1 aromatic heterocycles. The molecule has 0 bridgehead atoms. The molecular formula is C13H20N2O3S2. The largest absolute Gasteiger partial charge is 0.396 e. The fourth-order valence-electron chi connectivity index (χ4n) is 2.04. The van der Waals surface area contributed by atoms with E-state index in [1.165, 1.54) is 0 Å².